The number of hydrogen-bond acceptors (Lipinski definition) is 3. The highest BCUT2D eigenvalue weighted by molar-refractivity contribution is 5.66. The van der Waals surface area contributed by atoms with E-state index in [0.717, 1.165) is 19.3 Å². The summed E-state index contributed by atoms with van der Waals surface area (Å²) in [4.78, 5) is 11.1. The summed E-state index contributed by atoms with van der Waals surface area (Å²) in [6.45, 7) is 6.31. The van der Waals surface area contributed by atoms with Gasteiger partial charge < -0.3 is 15.3 Å². The van der Waals surface area contributed by atoms with Crippen LogP contribution in [0.2, 0.25) is 0 Å². The molecule has 0 heterocycles. The molecular weight excluding hydrogens is 352 g/mol. The third-order valence-electron chi connectivity index (χ3n) is 9.58. The van der Waals surface area contributed by atoms with Crippen LogP contribution >= 0.6 is 0 Å². The lowest BCUT2D eigenvalue weighted by molar-refractivity contribution is -0.175. The second-order valence-electron chi connectivity index (χ2n) is 10.7. The van der Waals surface area contributed by atoms with Crippen LogP contribution in [-0.4, -0.2) is 33.5 Å². The molecule has 4 saturated carbocycles. The van der Waals surface area contributed by atoms with Crippen LogP contribution in [0.15, 0.2) is 0 Å². The molecule has 0 aromatic rings. The molecule has 4 nitrogen and oxygen atoms in total. The van der Waals surface area contributed by atoms with Crippen molar-refractivity contribution in [3.05, 3.63) is 0 Å². The molecule has 0 aliphatic heterocycles. The van der Waals surface area contributed by atoms with E-state index in [1.165, 1.54) is 0 Å². The highest BCUT2D eigenvalue weighted by Gasteiger charge is 2.63. The average molecular weight is 397 g/mol. The third-order valence-corrected chi connectivity index (χ3v) is 9.58. The fourth-order valence-corrected chi connectivity index (χ4v) is 8.03. The van der Waals surface area contributed by atoms with Gasteiger partial charge in [0.25, 0.3) is 0 Å². The van der Waals surface area contributed by atoms with E-state index in [1.807, 2.05) is 6.92 Å². The highest BCUT2D eigenvalue weighted by Crippen LogP contribution is 2.68. The van der Waals surface area contributed by atoms with Gasteiger partial charge in [0.1, 0.15) is 0 Å². The first-order valence-corrected chi connectivity index (χ1v) is 11.2. The molecule has 4 fully saturated rings. The van der Waals surface area contributed by atoms with Crippen molar-refractivity contribution in [2.45, 2.75) is 97.1 Å². The first-order valence-electron chi connectivity index (χ1n) is 13.2. The summed E-state index contributed by atoms with van der Waals surface area (Å²) >= 11 is 0. The second-order valence-corrected chi connectivity index (χ2v) is 10.7. The van der Waals surface area contributed by atoms with Gasteiger partial charge >= 0.3 is 5.97 Å². The summed E-state index contributed by atoms with van der Waals surface area (Å²) in [5, 5.41) is 31.2. The molecule has 28 heavy (non-hydrogen) atoms. The Kier molecular flexibility index (Phi) is 4.19. The number of rotatable bonds is 4. The monoisotopic (exact) mass is 396 g/mol. The molecule has 0 unspecified atom stereocenters. The SMILES string of the molecule is [2H]C1([2H])C[C@@]2(C)[C@H](CC[C@@H]3[C@@H]2C[C@H](O)[C@]2(C)[C@@H]([C@H](C)CCC(=O)O)CC[C@@H]32)C([2H])([2H])[C@@H]1O. The Morgan fingerprint density at radius 2 is 1.93 bits per heavy atom. The zero-order valence-corrected chi connectivity index (χ0v) is 17.5. The molecule has 0 aromatic carbocycles. The normalized spacial score (nSPS) is 57.4. The second kappa shape index (κ2) is 7.27. The van der Waals surface area contributed by atoms with Crippen LogP contribution in [0.25, 0.3) is 0 Å². The summed E-state index contributed by atoms with van der Waals surface area (Å²) in [7, 11) is 0. The average Bonchev–Trinajstić information content (AvgIpc) is 3.04. The van der Waals surface area contributed by atoms with Crippen molar-refractivity contribution in [2.24, 2.45) is 46.3 Å². The van der Waals surface area contributed by atoms with Gasteiger partial charge in [-0.3, -0.25) is 4.79 Å². The van der Waals surface area contributed by atoms with Gasteiger partial charge in [-0.05, 0) is 104 Å². The molecule has 4 heteroatoms. The van der Waals surface area contributed by atoms with E-state index in [0.29, 0.717) is 25.2 Å². The van der Waals surface area contributed by atoms with Crippen LogP contribution < -0.4 is 0 Å². The molecule has 4 aliphatic rings. The molecule has 0 spiro atoms. The fraction of sp³-hybridized carbons (Fsp3) is 0.958. The maximum atomic E-state index is 11.5. The molecule has 0 bridgehead atoms. The minimum atomic E-state index is -1.99. The Morgan fingerprint density at radius 1 is 1.18 bits per heavy atom. The standard InChI is InChI=1S/C24H40O4/c1-14(4-9-22(27)28)18-7-8-19-17-6-5-15-12-16(25)10-11-23(15,2)20(17)13-21(26)24(18,19)3/h14-21,25-26H,4-13H2,1-3H3,(H,27,28)/t14-,15-,16-,17+,18-,19+,20+,21+,23+,24-/m1/s1/i10D2,12D2. The lowest BCUT2D eigenvalue weighted by Gasteiger charge is -2.62. The van der Waals surface area contributed by atoms with Gasteiger partial charge in [0.15, 0.2) is 0 Å². The zero-order valence-electron chi connectivity index (χ0n) is 21.5. The van der Waals surface area contributed by atoms with Crippen molar-refractivity contribution in [1.29, 1.82) is 0 Å². The van der Waals surface area contributed by atoms with Crippen molar-refractivity contribution >= 4 is 5.97 Å². The first-order chi connectivity index (χ1) is 14.7. The lowest BCUT2D eigenvalue weighted by atomic mass is 9.43. The number of carbonyl (C=O) groups is 1. The molecule has 4 aliphatic carbocycles. The van der Waals surface area contributed by atoms with E-state index in [4.69, 9.17) is 10.6 Å². The number of aliphatic carboxylic acids is 1. The van der Waals surface area contributed by atoms with Crippen molar-refractivity contribution in [1.82, 2.24) is 0 Å². The van der Waals surface area contributed by atoms with Gasteiger partial charge in [-0.1, -0.05) is 20.8 Å². The van der Waals surface area contributed by atoms with Crippen molar-refractivity contribution < 1.29 is 25.6 Å². The van der Waals surface area contributed by atoms with E-state index in [-0.39, 0.29) is 41.9 Å². The zero-order chi connectivity index (χ0) is 23.9. The minimum Gasteiger partial charge on any atom is -0.481 e. The van der Waals surface area contributed by atoms with E-state index in [9.17, 15) is 15.0 Å². The molecule has 10 atom stereocenters. The fourth-order valence-electron chi connectivity index (χ4n) is 8.03. The third kappa shape index (κ3) is 3.05. The summed E-state index contributed by atoms with van der Waals surface area (Å²) < 4.78 is 34.1. The van der Waals surface area contributed by atoms with Gasteiger partial charge in [0.05, 0.1) is 12.2 Å². The van der Waals surface area contributed by atoms with Crippen LogP contribution in [0, 0.1) is 46.3 Å². The van der Waals surface area contributed by atoms with Gasteiger partial charge in [0.2, 0.25) is 0 Å². The summed E-state index contributed by atoms with van der Waals surface area (Å²) in [6, 6.07) is 0. The number of carboxylic acids is 1. The molecule has 4 rings (SSSR count). The topological polar surface area (TPSA) is 77.8 Å². The van der Waals surface area contributed by atoms with E-state index in [2.05, 4.69) is 13.8 Å². The van der Waals surface area contributed by atoms with Crippen LogP contribution in [0.3, 0.4) is 0 Å². The van der Waals surface area contributed by atoms with E-state index in [1.54, 1.807) is 0 Å². The molecule has 160 valence electrons. The Hall–Kier alpha value is -0.610. The van der Waals surface area contributed by atoms with Gasteiger partial charge in [-0.25, -0.2) is 0 Å². The van der Waals surface area contributed by atoms with Crippen LogP contribution in [0.5, 0.6) is 0 Å². The molecule has 0 amide bonds. The van der Waals surface area contributed by atoms with E-state index >= 15 is 0 Å². The van der Waals surface area contributed by atoms with Crippen LogP contribution in [-0.2, 0) is 4.79 Å². The summed E-state index contributed by atoms with van der Waals surface area (Å²) in [6.07, 6.45) is -1.31. The van der Waals surface area contributed by atoms with Crippen LogP contribution in [0.1, 0.15) is 90.4 Å². The Bertz CT molecular complexity index is 760. The molecular formula is C24H40O4. The summed E-state index contributed by atoms with van der Waals surface area (Å²) in [5.41, 5.74) is -0.890. The molecule has 0 radical (unpaired) electrons. The first kappa shape index (κ1) is 16.1. The predicted octanol–water partition coefficient (Wildman–Crippen LogP) is 4.48. The molecule has 3 N–H and O–H groups in total. The number of hydrogen-bond donors (Lipinski definition) is 3. The lowest BCUT2D eigenvalue weighted by Crippen LogP contribution is -2.58. The molecule has 0 saturated heterocycles. The quantitative estimate of drug-likeness (QED) is 0.655. The smallest absolute Gasteiger partial charge is 0.303 e. The van der Waals surface area contributed by atoms with Crippen LogP contribution in [0.4, 0.5) is 0 Å². The van der Waals surface area contributed by atoms with E-state index < -0.39 is 42.3 Å². The van der Waals surface area contributed by atoms with Gasteiger partial charge in [-0.15, -0.1) is 0 Å². The number of fused-ring (bicyclic) bond motifs is 5. The maximum Gasteiger partial charge on any atom is 0.303 e. The summed E-state index contributed by atoms with van der Waals surface area (Å²) in [5.74, 6) is -0.0989. The Balaban J connectivity index is 1.64. The van der Waals surface area contributed by atoms with Crippen molar-refractivity contribution in [2.75, 3.05) is 0 Å². The highest BCUT2D eigenvalue weighted by atomic mass is 16.4. The number of aliphatic hydroxyl groups is 2. The van der Waals surface area contributed by atoms with Crippen molar-refractivity contribution in [3.8, 4) is 0 Å². The predicted molar refractivity (Wildman–Crippen MR) is 109 cm³/mol. The minimum absolute atomic E-state index is 0.0278. The Labute approximate surface area is 175 Å². The Morgan fingerprint density at radius 3 is 2.64 bits per heavy atom. The van der Waals surface area contributed by atoms with Gasteiger partial charge in [-0.2, -0.15) is 0 Å². The van der Waals surface area contributed by atoms with Gasteiger partial charge in [0, 0.05) is 11.9 Å². The molecule has 0 aromatic heterocycles. The van der Waals surface area contributed by atoms with Crippen molar-refractivity contribution in [3.63, 3.8) is 0 Å². The maximum absolute atomic E-state index is 11.5. The largest absolute Gasteiger partial charge is 0.481 e. The number of carboxylic acid groups (broad SMARTS) is 1. The number of aliphatic hydroxyl groups excluding tert-OH is 2.